The molecule has 1 N–H and O–H groups in total. The van der Waals surface area contributed by atoms with Crippen molar-refractivity contribution in [2.45, 2.75) is 26.4 Å². The number of carbonyl (C=O) groups excluding carboxylic acids is 1. The molecule has 2 aromatic rings. The molecule has 1 heterocycles. The Hall–Kier alpha value is -1.43. The zero-order chi connectivity index (χ0) is 16.1. The van der Waals surface area contributed by atoms with E-state index in [1.807, 2.05) is 30.9 Å². The van der Waals surface area contributed by atoms with Gasteiger partial charge in [0.2, 0.25) is 5.91 Å². The summed E-state index contributed by atoms with van der Waals surface area (Å²) in [6.45, 7) is 4.97. The highest BCUT2D eigenvalue weighted by atomic mass is 35.5. The lowest BCUT2D eigenvalue weighted by Gasteiger charge is -2.26. The van der Waals surface area contributed by atoms with Gasteiger partial charge in [-0.15, -0.1) is 23.7 Å². The monoisotopic (exact) mass is 356 g/mol. The van der Waals surface area contributed by atoms with Crippen molar-refractivity contribution in [1.82, 2.24) is 10.2 Å². The Labute approximate surface area is 146 Å². The van der Waals surface area contributed by atoms with Crippen LogP contribution in [-0.2, 0) is 11.3 Å². The van der Waals surface area contributed by atoms with Gasteiger partial charge in [-0.25, -0.2) is 4.39 Å². The number of carbonyl (C=O) groups is 1. The Morgan fingerprint density at radius 1 is 1.22 bits per heavy atom. The molecule has 1 amide bonds. The van der Waals surface area contributed by atoms with Crippen molar-refractivity contribution < 1.29 is 9.18 Å². The molecule has 0 fully saturated rings. The highest BCUT2D eigenvalue weighted by molar-refractivity contribution is 7.15. The lowest BCUT2D eigenvalue weighted by molar-refractivity contribution is -0.132. The smallest absolute Gasteiger partial charge is 0.237 e. The van der Waals surface area contributed by atoms with E-state index in [1.165, 1.54) is 12.1 Å². The van der Waals surface area contributed by atoms with Gasteiger partial charge in [0, 0.05) is 15.8 Å². The maximum Gasteiger partial charge on any atom is 0.237 e. The summed E-state index contributed by atoms with van der Waals surface area (Å²) >= 11 is 1.64. The molecule has 0 aliphatic heterocycles. The lowest BCUT2D eigenvalue weighted by Crippen LogP contribution is -2.40. The van der Waals surface area contributed by atoms with Crippen LogP contribution in [-0.4, -0.2) is 30.4 Å². The fourth-order valence-electron chi connectivity index (χ4n) is 2.21. The van der Waals surface area contributed by atoms with Gasteiger partial charge >= 0.3 is 0 Å². The average molecular weight is 357 g/mol. The van der Waals surface area contributed by atoms with Crippen LogP contribution in [0.5, 0.6) is 0 Å². The molecule has 0 aliphatic rings. The molecular weight excluding hydrogens is 335 g/mol. The molecule has 0 unspecified atom stereocenters. The van der Waals surface area contributed by atoms with Crippen LogP contribution >= 0.6 is 23.7 Å². The highest BCUT2D eigenvalue weighted by Gasteiger charge is 2.17. The van der Waals surface area contributed by atoms with Gasteiger partial charge in [0.05, 0.1) is 13.1 Å². The molecule has 6 heteroatoms. The van der Waals surface area contributed by atoms with Crippen molar-refractivity contribution in [1.29, 1.82) is 0 Å². The fraction of sp³-hybridized carbons (Fsp3) is 0.353. The summed E-state index contributed by atoms with van der Waals surface area (Å²) in [6.07, 6.45) is 0. The summed E-state index contributed by atoms with van der Waals surface area (Å²) in [5.74, 6) is -0.140. The summed E-state index contributed by atoms with van der Waals surface area (Å²) < 4.78 is 13.0. The number of nitrogens with zero attached hydrogens (tertiary/aromatic N) is 1. The van der Waals surface area contributed by atoms with Gasteiger partial charge in [-0.2, -0.15) is 0 Å². The normalized spacial score (nSPS) is 10.5. The topological polar surface area (TPSA) is 32.3 Å². The van der Waals surface area contributed by atoms with E-state index < -0.39 is 0 Å². The molecule has 0 atom stereocenters. The molecule has 126 valence electrons. The third kappa shape index (κ3) is 5.30. The van der Waals surface area contributed by atoms with Gasteiger partial charge in [0.25, 0.3) is 0 Å². The zero-order valence-corrected chi connectivity index (χ0v) is 15.1. The number of nitrogens with one attached hydrogen (secondary N) is 1. The van der Waals surface area contributed by atoms with Gasteiger partial charge in [0.15, 0.2) is 0 Å². The van der Waals surface area contributed by atoms with Crippen molar-refractivity contribution in [2.75, 3.05) is 13.6 Å². The third-order valence-corrected chi connectivity index (χ3v) is 4.51. The molecule has 2 rings (SSSR count). The van der Waals surface area contributed by atoms with E-state index in [0.29, 0.717) is 13.1 Å². The van der Waals surface area contributed by atoms with Crippen LogP contribution in [0.25, 0.3) is 10.4 Å². The van der Waals surface area contributed by atoms with Crippen LogP contribution in [0.1, 0.15) is 18.7 Å². The Morgan fingerprint density at radius 2 is 1.87 bits per heavy atom. The molecule has 0 saturated carbocycles. The maximum absolute atomic E-state index is 13.0. The second kappa shape index (κ2) is 9.01. The van der Waals surface area contributed by atoms with Crippen LogP contribution in [0, 0.1) is 5.82 Å². The number of hydrogen-bond acceptors (Lipinski definition) is 3. The second-order valence-corrected chi connectivity index (χ2v) is 6.59. The van der Waals surface area contributed by atoms with Crippen molar-refractivity contribution in [3.63, 3.8) is 0 Å². The van der Waals surface area contributed by atoms with Crippen molar-refractivity contribution in [3.8, 4) is 10.4 Å². The predicted octanol–water partition coefficient (Wildman–Crippen LogP) is 3.93. The minimum Gasteiger partial charge on any atom is -0.334 e. The first-order chi connectivity index (χ1) is 10.5. The molecular formula is C17H22ClFN2OS. The predicted molar refractivity (Wildman–Crippen MR) is 96.6 cm³/mol. The number of amides is 1. The second-order valence-electron chi connectivity index (χ2n) is 5.42. The minimum atomic E-state index is -0.232. The van der Waals surface area contributed by atoms with Gasteiger partial charge in [0.1, 0.15) is 5.82 Å². The van der Waals surface area contributed by atoms with Gasteiger partial charge in [-0.1, -0.05) is 12.1 Å². The molecule has 3 nitrogen and oxygen atoms in total. The molecule has 0 saturated heterocycles. The van der Waals surface area contributed by atoms with Gasteiger partial charge < -0.3 is 10.2 Å². The Morgan fingerprint density at radius 3 is 2.43 bits per heavy atom. The maximum atomic E-state index is 13.0. The Balaban J connectivity index is 0.00000264. The Bertz CT molecular complexity index is 628. The summed E-state index contributed by atoms with van der Waals surface area (Å²) in [5, 5.41) is 2.90. The number of hydrogen-bond donors (Lipinski definition) is 1. The number of rotatable bonds is 6. The van der Waals surface area contributed by atoms with Gasteiger partial charge in [-0.3, -0.25) is 4.79 Å². The molecule has 0 aliphatic carbocycles. The van der Waals surface area contributed by atoms with E-state index in [0.717, 1.165) is 15.3 Å². The number of benzene rings is 1. The van der Waals surface area contributed by atoms with E-state index in [1.54, 1.807) is 30.5 Å². The van der Waals surface area contributed by atoms with Crippen molar-refractivity contribution >= 4 is 29.7 Å². The number of likely N-dealkylation sites (N-methyl/N-ethyl adjacent to an activating group) is 1. The van der Waals surface area contributed by atoms with Crippen LogP contribution in [0.2, 0.25) is 0 Å². The van der Waals surface area contributed by atoms with Crippen molar-refractivity contribution in [2.24, 2.45) is 0 Å². The largest absolute Gasteiger partial charge is 0.334 e. The molecule has 23 heavy (non-hydrogen) atoms. The fourth-order valence-corrected chi connectivity index (χ4v) is 3.22. The van der Waals surface area contributed by atoms with Crippen LogP contribution < -0.4 is 5.32 Å². The highest BCUT2D eigenvalue weighted by Crippen LogP contribution is 2.29. The summed E-state index contributed by atoms with van der Waals surface area (Å²) in [6, 6.07) is 10.7. The third-order valence-electron chi connectivity index (χ3n) is 3.39. The van der Waals surface area contributed by atoms with E-state index in [4.69, 9.17) is 0 Å². The number of thiophene rings is 1. The first-order valence-corrected chi connectivity index (χ1v) is 8.11. The van der Waals surface area contributed by atoms with Crippen LogP contribution in [0.3, 0.4) is 0 Å². The average Bonchev–Trinajstić information content (AvgIpc) is 2.94. The quantitative estimate of drug-likeness (QED) is 0.850. The minimum absolute atomic E-state index is 0. The number of halogens is 2. The summed E-state index contributed by atoms with van der Waals surface area (Å²) in [5.41, 5.74) is 0.996. The lowest BCUT2D eigenvalue weighted by atomic mass is 10.2. The molecule has 0 bridgehead atoms. The van der Waals surface area contributed by atoms with Crippen LogP contribution in [0.15, 0.2) is 36.4 Å². The molecule has 0 spiro atoms. The van der Waals surface area contributed by atoms with Gasteiger partial charge in [-0.05, 0) is 50.7 Å². The van der Waals surface area contributed by atoms with E-state index in [-0.39, 0.29) is 30.2 Å². The summed E-state index contributed by atoms with van der Waals surface area (Å²) in [7, 11) is 1.77. The molecule has 1 aromatic heterocycles. The molecule has 0 radical (unpaired) electrons. The first-order valence-electron chi connectivity index (χ1n) is 7.30. The standard InChI is InChI=1S/C17H21FN2OS.ClH/c1-12(2)20(17(21)10-19-3)11-15-8-9-16(22-15)13-4-6-14(18)7-5-13;/h4-9,12,19H,10-11H2,1-3H3;1H. The SMILES string of the molecule is CNCC(=O)N(Cc1ccc(-c2ccc(F)cc2)s1)C(C)C.Cl. The van der Waals surface area contributed by atoms with E-state index in [9.17, 15) is 9.18 Å². The van der Waals surface area contributed by atoms with Crippen molar-refractivity contribution in [3.05, 3.63) is 47.1 Å². The summed E-state index contributed by atoms with van der Waals surface area (Å²) in [4.78, 5) is 16.2. The molecule has 1 aromatic carbocycles. The van der Waals surface area contributed by atoms with E-state index >= 15 is 0 Å². The van der Waals surface area contributed by atoms with Crippen LogP contribution in [0.4, 0.5) is 4.39 Å². The Kier molecular flexibility index (Phi) is 7.68. The zero-order valence-electron chi connectivity index (χ0n) is 13.5. The first kappa shape index (κ1) is 19.6. The van der Waals surface area contributed by atoms with E-state index in [2.05, 4.69) is 5.32 Å².